The molecule has 0 aliphatic heterocycles. The summed E-state index contributed by atoms with van der Waals surface area (Å²) in [6, 6.07) is 4.23. The first-order valence-corrected chi connectivity index (χ1v) is 4.92. The molecule has 4 nitrogen and oxygen atoms in total. The molecule has 0 radical (unpaired) electrons. The van der Waals surface area contributed by atoms with Gasteiger partial charge in [-0.1, -0.05) is 30.3 Å². The number of carboxylic acid groups (broad SMARTS) is 1. The second-order valence-corrected chi connectivity index (χ2v) is 3.92. The lowest BCUT2D eigenvalue weighted by Crippen LogP contribution is -2.58. The van der Waals surface area contributed by atoms with Crippen LogP contribution in [0.15, 0.2) is 30.3 Å². The Balaban J connectivity index is 3.36. The number of carboxylic acids is 1. The average molecular weight is 266 g/mol. The molecule has 2 atom stereocenters. The number of aliphatic hydroxyl groups is 1. The van der Waals surface area contributed by atoms with E-state index in [0.717, 1.165) is 12.1 Å². The number of alkyl halides is 3. The smallest absolute Gasteiger partial charge is 0.356 e. The third-order valence-corrected chi connectivity index (χ3v) is 2.65. The standard InChI is InChI=1S/C10H10ClF2NO3/c11-10(12,13)9(17,7(14)8(15)16)6-4-2-1-3-5-6/h1-5,7,17H,14H2,(H,15,16)/t7-,9+/m1/s1. The molecule has 0 heterocycles. The van der Waals surface area contributed by atoms with Crippen LogP contribution in [0.2, 0.25) is 0 Å². The summed E-state index contributed by atoms with van der Waals surface area (Å²) in [7, 11) is 0. The molecule has 1 rings (SSSR count). The molecule has 0 unspecified atom stereocenters. The lowest BCUT2D eigenvalue weighted by molar-refractivity contribution is -0.171. The highest BCUT2D eigenvalue weighted by molar-refractivity contribution is 6.22. The van der Waals surface area contributed by atoms with E-state index in [9.17, 15) is 18.7 Å². The van der Waals surface area contributed by atoms with Gasteiger partial charge in [-0.3, -0.25) is 4.79 Å². The van der Waals surface area contributed by atoms with Crippen LogP contribution in [0.3, 0.4) is 0 Å². The number of benzene rings is 1. The lowest BCUT2D eigenvalue weighted by atomic mass is 9.86. The van der Waals surface area contributed by atoms with Gasteiger partial charge in [-0.05, 0) is 17.2 Å². The maximum atomic E-state index is 13.2. The van der Waals surface area contributed by atoms with Crippen LogP contribution in [0, 0.1) is 0 Å². The maximum Gasteiger partial charge on any atom is 0.356 e. The Kier molecular flexibility index (Phi) is 3.71. The number of hydrogen-bond acceptors (Lipinski definition) is 3. The zero-order valence-electron chi connectivity index (χ0n) is 8.48. The molecule has 17 heavy (non-hydrogen) atoms. The molecule has 1 aromatic rings. The summed E-state index contributed by atoms with van der Waals surface area (Å²) in [6.45, 7) is 0. The Morgan fingerprint density at radius 3 is 2.18 bits per heavy atom. The number of rotatable bonds is 4. The van der Waals surface area contributed by atoms with Crippen molar-refractivity contribution in [2.45, 2.75) is 17.0 Å². The van der Waals surface area contributed by atoms with Crippen LogP contribution in [0.1, 0.15) is 5.56 Å². The van der Waals surface area contributed by atoms with Crippen LogP contribution in [-0.4, -0.2) is 27.6 Å². The minimum Gasteiger partial charge on any atom is -0.480 e. The Morgan fingerprint density at radius 2 is 1.82 bits per heavy atom. The van der Waals surface area contributed by atoms with Gasteiger partial charge < -0.3 is 15.9 Å². The summed E-state index contributed by atoms with van der Waals surface area (Å²) in [6.07, 6.45) is 0. The number of aliphatic carboxylic acids is 1. The van der Waals surface area contributed by atoms with Crippen molar-refractivity contribution in [1.82, 2.24) is 0 Å². The van der Waals surface area contributed by atoms with Crippen LogP contribution in [0.25, 0.3) is 0 Å². The van der Waals surface area contributed by atoms with E-state index < -0.39 is 23.0 Å². The highest BCUT2D eigenvalue weighted by atomic mass is 35.5. The minimum absolute atomic E-state index is 0.366. The van der Waals surface area contributed by atoms with Crippen molar-refractivity contribution in [3.63, 3.8) is 0 Å². The second-order valence-electron chi connectivity index (χ2n) is 3.45. The third-order valence-electron chi connectivity index (χ3n) is 2.36. The molecular weight excluding hydrogens is 256 g/mol. The normalized spacial score (nSPS) is 17.2. The van der Waals surface area contributed by atoms with Gasteiger partial charge >= 0.3 is 11.4 Å². The van der Waals surface area contributed by atoms with Crippen molar-refractivity contribution in [1.29, 1.82) is 0 Å². The summed E-state index contributed by atoms with van der Waals surface area (Å²) in [5.41, 5.74) is 1.55. The second kappa shape index (κ2) is 4.56. The van der Waals surface area contributed by atoms with Crippen molar-refractivity contribution in [2.75, 3.05) is 0 Å². The van der Waals surface area contributed by atoms with Crippen molar-refractivity contribution in [3.8, 4) is 0 Å². The van der Waals surface area contributed by atoms with Crippen LogP contribution in [0.4, 0.5) is 8.78 Å². The van der Waals surface area contributed by atoms with Crippen LogP contribution >= 0.6 is 11.6 Å². The van der Waals surface area contributed by atoms with E-state index in [1.807, 2.05) is 0 Å². The molecule has 0 saturated heterocycles. The highest BCUT2D eigenvalue weighted by Crippen LogP contribution is 2.42. The molecule has 0 aliphatic carbocycles. The van der Waals surface area contributed by atoms with Crippen LogP contribution < -0.4 is 5.73 Å². The SMILES string of the molecule is N[C@H](C(=O)O)[C@@](O)(c1ccccc1)C(F)(F)Cl. The van der Waals surface area contributed by atoms with Gasteiger partial charge in [0.25, 0.3) is 0 Å². The van der Waals surface area contributed by atoms with Crippen LogP contribution in [-0.2, 0) is 10.4 Å². The van der Waals surface area contributed by atoms with Gasteiger partial charge in [-0.2, -0.15) is 8.78 Å². The van der Waals surface area contributed by atoms with E-state index in [-0.39, 0.29) is 5.56 Å². The van der Waals surface area contributed by atoms with Gasteiger partial charge in [0, 0.05) is 0 Å². The van der Waals surface area contributed by atoms with Crippen molar-refractivity contribution in [2.24, 2.45) is 5.73 Å². The molecule has 0 aliphatic rings. The molecule has 0 spiro atoms. The summed E-state index contributed by atoms with van der Waals surface area (Å²) >= 11 is 4.79. The first kappa shape index (κ1) is 13.8. The lowest BCUT2D eigenvalue weighted by Gasteiger charge is -2.35. The van der Waals surface area contributed by atoms with Gasteiger partial charge in [0.15, 0.2) is 5.60 Å². The van der Waals surface area contributed by atoms with Crippen molar-refractivity contribution >= 4 is 17.6 Å². The molecule has 4 N–H and O–H groups in total. The van der Waals surface area contributed by atoms with Gasteiger partial charge in [0.1, 0.15) is 6.04 Å². The first-order valence-electron chi connectivity index (χ1n) is 4.54. The first-order chi connectivity index (χ1) is 7.71. The van der Waals surface area contributed by atoms with E-state index >= 15 is 0 Å². The van der Waals surface area contributed by atoms with E-state index in [1.54, 1.807) is 0 Å². The molecule has 0 fully saturated rings. The Morgan fingerprint density at radius 1 is 1.35 bits per heavy atom. The fraction of sp³-hybridized carbons (Fsp3) is 0.300. The fourth-order valence-electron chi connectivity index (χ4n) is 1.39. The third kappa shape index (κ3) is 2.38. The zero-order chi connectivity index (χ0) is 13.3. The van der Waals surface area contributed by atoms with Gasteiger partial charge in [0.2, 0.25) is 0 Å². The molecule has 0 saturated carbocycles. The molecular formula is C10H10ClF2NO3. The van der Waals surface area contributed by atoms with Crippen molar-refractivity contribution in [3.05, 3.63) is 35.9 Å². The molecule has 0 aromatic heterocycles. The predicted molar refractivity (Wildman–Crippen MR) is 56.8 cm³/mol. The number of carbonyl (C=O) groups is 1. The average Bonchev–Trinajstić information content (AvgIpc) is 2.26. The van der Waals surface area contributed by atoms with E-state index in [2.05, 4.69) is 0 Å². The van der Waals surface area contributed by atoms with Crippen molar-refractivity contribution < 1.29 is 23.8 Å². The number of nitrogens with two attached hydrogens (primary N) is 1. The van der Waals surface area contributed by atoms with Gasteiger partial charge in [0.05, 0.1) is 0 Å². The van der Waals surface area contributed by atoms with Crippen LogP contribution in [0.5, 0.6) is 0 Å². The summed E-state index contributed by atoms with van der Waals surface area (Å²) in [5, 5.41) is 14.3. The van der Waals surface area contributed by atoms with Gasteiger partial charge in [-0.15, -0.1) is 0 Å². The minimum atomic E-state index is -4.22. The monoisotopic (exact) mass is 265 g/mol. The zero-order valence-corrected chi connectivity index (χ0v) is 9.23. The van der Waals surface area contributed by atoms with E-state index in [1.165, 1.54) is 18.2 Å². The molecule has 0 bridgehead atoms. The summed E-state index contributed by atoms with van der Waals surface area (Å²) < 4.78 is 26.5. The summed E-state index contributed by atoms with van der Waals surface area (Å²) in [4.78, 5) is 10.7. The fourth-order valence-corrected chi connectivity index (χ4v) is 1.62. The van der Waals surface area contributed by atoms with Gasteiger partial charge in [-0.25, -0.2) is 0 Å². The quantitative estimate of drug-likeness (QED) is 0.713. The molecule has 1 aromatic carbocycles. The largest absolute Gasteiger partial charge is 0.480 e. The Bertz CT molecular complexity index is 410. The topological polar surface area (TPSA) is 83.6 Å². The predicted octanol–water partition coefficient (Wildman–Crippen LogP) is 1.12. The Hall–Kier alpha value is -1.24. The number of halogens is 3. The summed E-state index contributed by atoms with van der Waals surface area (Å²) in [5.74, 6) is -1.78. The Labute approximate surface area is 101 Å². The maximum absolute atomic E-state index is 13.2. The molecule has 0 amide bonds. The molecule has 94 valence electrons. The molecule has 7 heteroatoms. The number of hydrogen-bond donors (Lipinski definition) is 3. The van der Waals surface area contributed by atoms with E-state index in [4.69, 9.17) is 22.4 Å². The van der Waals surface area contributed by atoms with E-state index in [0.29, 0.717) is 0 Å². The highest BCUT2D eigenvalue weighted by Gasteiger charge is 2.59.